The summed E-state index contributed by atoms with van der Waals surface area (Å²) in [7, 11) is 1.54. The van der Waals surface area contributed by atoms with E-state index in [1.54, 1.807) is 25.3 Å². The molecule has 0 aliphatic rings. The lowest BCUT2D eigenvalue weighted by Gasteiger charge is -2.09. The number of rotatable bonds is 4. The second kappa shape index (κ2) is 5.31. The Morgan fingerprint density at radius 1 is 1.67 bits per heavy atom. The molecule has 1 unspecified atom stereocenters. The molecule has 5 heteroatoms. The van der Waals surface area contributed by atoms with Crippen LogP contribution in [0.4, 0.5) is 5.69 Å². The van der Waals surface area contributed by atoms with E-state index in [0.717, 1.165) is 0 Å². The van der Waals surface area contributed by atoms with Gasteiger partial charge in [-0.05, 0) is 6.07 Å². The van der Waals surface area contributed by atoms with Gasteiger partial charge in [0.05, 0.1) is 19.0 Å². The predicted octanol–water partition coefficient (Wildman–Crippen LogP) is 0.623. The maximum atomic E-state index is 11.4. The average molecular weight is 209 g/mol. The molecule has 0 saturated heterocycles. The minimum Gasteiger partial charge on any atom is -0.481 e. The first kappa shape index (κ1) is 11.5. The van der Waals surface area contributed by atoms with Crippen LogP contribution in [0.1, 0.15) is 6.92 Å². The van der Waals surface area contributed by atoms with E-state index in [9.17, 15) is 4.79 Å². The molecule has 1 aromatic heterocycles. The molecule has 1 atom stereocenters. The van der Waals surface area contributed by atoms with Gasteiger partial charge in [0.25, 0.3) is 0 Å². The molecule has 0 aliphatic carbocycles. The van der Waals surface area contributed by atoms with E-state index in [4.69, 9.17) is 10.5 Å². The van der Waals surface area contributed by atoms with Gasteiger partial charge in [-0.3, -0.25) is 4.79 Å². The summed E-state index contributed by atoms with van der Waals surface area (Å²) >= 11 is 0. The number of methoxy groups -OCH3 is 1. The van der Waals surface area contributed by atoms with Gasteiger partial charge in [0, 0.05) is 18.5 Å². The van der Waals surface area contributed by atoms with Crippen LogP contribution in [0.2, 0.25) is 0 Å². The van der Waals surface area contributed by atoms with Gasteiger partial charge in [0.15, 0.2) is 0 Å². The zero-order valence-corrected chi connectivity index (χ0v) is 8.86. The van der Waals surface area contributed by atoms with Gasteiger partial charge in [-0.25, -0.2) is 4.98 Å². The lowest BCUT2D eigenvalue weighted by molar-refractivity contribution is -0.119. The lowest BCUT2D eigenvalue weighted by atomic mass is 10.1. The van der Waals surface area contributed by atoms with Crippen molar-refractivity contribution in [1.29, 1.82) is 0 Å². The van der Waals surface area contributed by atoms with Gasteiger partial charge in [-0.2, -0.15) is 0 Å². The normalized spacial score (nSPS) is 11.9. The fourth-order valence-corrected chi connectivity index (χ4v) is 0.947. The molecule has 82 valence electrons. The Hall–Kier alpha value is -1.62. The van der Waals surface area contributed by atoms with Gasteiger partial charge in [0.2, 0.25) is 11.8 Å². The first-order valence-electron chi connectivity index (χ1n) is 4.68. The number of hydrogen-bond acceptors (Lipinski definition) is 4. The number of carbonyl (C=O) groups excluding carboxylic acids is 1. The molecule has 1 rings (SSSR count). The maximum Gasteiger partial charge on any atom is 0.228 e. The van der Waals surface area contributed by atoms with Crippen LogP contribution >= 0.6 is 0 Å². The summed E-state index contributed by atoms with van der Waals surface area (Å²) in [5.74, 6) is 0.205. The third-order valence-corrected chi connectivity index (χ3v) is 2.01. The van der Waals surface area contributed by atoms with Crippen LogP contribution in [0.5, 0.6) is 5.88 Å². The summed E-state index contributed by atoms with van der Waals surface area (Å²) in [4.78, 5) is 15.4. The molecule has 0 radical (unpaired) electrons. The average Bonchev–Trinajstić information content (AvgIpc) is 2.29. The first-order chi connectivity index (χ1) is 7.17. The summed E-state index contributed by atoms with van der Waals surface area (Å²) < 4.78 is 4.90. The quantitative estimate of drug-likeness (QED) is 0.762. The van der Waals surface area contributed by atoms with Crippen LogP contribution in [-0.2, 0) is 4.79 Å². The topological polar surface area (TPSA) is 77.2 Å². The van der Waals surface area contributed by atoms with E-state index in [1.807, 2.05) is 0 Å². The van der Waals surface area contributed by atoms with Gasteiger partial charge in [-0.15, -0.1) is 0 Å². The van der Waals surface area contributed by atoms with E-state index in [-0.39, 0.29) is 11.8 Å². The molecule has 1 aromatic rings. The molecule has 0 aliphatic heterocycles. The van der Waals surface area contributed by atoms with Gasteiger partial charge < -0.3 is 15.8 Å². The standard InChI is InChI=1S/C10H15N3O2/c1-7(5-11)10(14)13-8-3-4-9(15-2)12-6-8/h3-4,6-7H,5,11H2,1-2H3,(H,13,14). The minimum atomic E-state index is -0.202. The Morgan fingerprint density at radius 2 is 2.40 bits per heavy atom. The molecule has 0 fully saturated rings. The molecule has 0 spiro atoms. The Labute approximate surface area is 88.6 Å². The summed E-state index contributed by atoms with van der Waals surface area (Å²) in [6, 6.07) is 3.41. The van der Waals surface area contributed by atoms with Crippen molar-refractivity contribution >= 4 is 11.6 Å². The van der Waals surface area contributed by atoms with E-state index in [2.05, 4.69) is 10.3 Å². The molecular weight excluding hydrogens is 194 g/mol. The summed E-state index contributed by atoms with van der Waals surface area (Å²) in [5.41, 5.74) is 6.02. The number of amides is 1. The summed E-state index contributed by atoms with van der Waals surface area (Å²) in [5, 5.41) is 2.71. The maximum absolute atomic E-state index is 11.4. The highest BCUT2D eigenvalue weighted by Crippen LogP contribution is 2.11. The Bertz CT molecular complexity index is 324. The fraction of sp³-hybridized carbons (Fsp3) is 0.400. The predicted molar refractivity (Wildman–Crippen MR) is 57.6 cm³/mol. The monoisotopic (exact) mass is 209 g/mol. The Morgan fingerprint density at radius 3 is 2.87 bits per heavy atom. The molecule has 0 saturated carbocycles. The largest absolute Gasteiger partial charge is 0.481 e. The molecular formula is C10H15N3O2. The molecule has 1 amide bonds. The van der Waals surface area contributed by atoms with Crippen LogP contribution in [0.15, 0.2) is 18.3 Å². The van der Waals surface area contributed by atoms with Crippen molar-refractivity contribution in [2.24, 2.45) is 11.7 Å². The highest BCUT2D eigenvalue weighted by Gasteiger charge is 2.10. The van der Waals surface area contributed by atoms with E-state index < -0.39 is 0 Å². The zero-order valence-electron chi connectivity index (χ0n) is 8.86. The third kappa shape index (κ3) is 3.21. The first-order valence-corrected chi connectivity index (χ1v) is 4.68. The molecule has 15 heavy (non-hydrogen) atoms. The van der Waals surface area contributed by atoms with Gasteiger partial charge >= 0.3 is 0 Å². The van der Waals surface area contributed by atoms with Crippen molar-refractivity contribution in [1.82, 2.24) is 4.98 Å². The van der Waals surface area contributed by atoms with Crippen LogP contribution in [0.3, 0.4) is 0 Å². The van der Waals surface area contributed by atoms with Crippen molar-refractivity contribution < 1.29 is 9.53 Å². The molecule has 5 nitrogen and oxygen atoms in total. The van der Waals surface area contributed by atoms with Gasteiger partial charge in [-0.1, -0.05) is 6.92 Å². The van der Waals surface area contributed by atoms with Crippen molar-refractivity contribution in [3.8, 4) is 5.88 Å². The summed E-state index contributed by atoms with van der Waals surface area (Å²) in [6.07, 6.45) is 1.54. The Kier molecular flexibility index (Phi) is 4.05. The van der Waals surface area contributed by atoms with Crippen molar-refractivity contribution in [2.75, 3.05) is 19.0 Å². The SMILES string of the molecule is COc1ccc(NC(=O)C(C)CN)cn1. The zero-order chi connectivity index (χ0) is 11.3. The number of nitrogens with two attached hydrogens (primary N) is 1. The van der Waals surface area contributed by atoms with Crippen molar-refractivity contribution in [3.05, 3.63) is 18.3 Å². The highest BCUT2D eigenvalue weighted by molar-refractivity contribution is 5.92. The third-order valence-electron chi connectivity index (χ3n) is 2.01. The fourth-order valence-electron chi connectivity index (χ4n) is 0.947. The number of pyridine rings is 1. The number of carbonyl (C=O) groups is 1. The number of hydrogen-bond donors (Lipinski definition) is 2. The number of anilines is 1. The second-order valence-electron chi connectivity index (χ2n) is 3.22. The Balaban J connectivity index is 2.61. The molecule has 1 heterocycles. The number of nitrogens with zero attached hydrogens (tertiary/aromatic N) is 1. The number of aromatic nitrogens is 1. The van der Waals surface area contributed by atoms with Gasteiger partial charge in [0.1, 0.15) is 0 Å². The number of ether oxygens (including phenoxy) is 1. The smallest absolute Gasteiger partial charge is 0.228 e. The molecule has 3 N–H and O–H groups in total. The number of nitrogens with one attached hydrogen (secondary N) is 1. The van der Waals surface area contributed by atoms with E-state index >= 15 is 0 Å². The van der Waals surface area contributed by atoms with E-state index in [0.29, 0.717) is 18.1 Å². The van der Waals surface area contributed by atoms with Crippen LogP contribution < -0.4 is 15.8 Å². The van der Waals surface area contributed by atoms with Crippen molar-refractivity contribution in [2.45, 2.75) is 6.92 Å². The summed E-state index contributed by atoms with van der Waals surface area (Å²) in [6.45, 7) is 2.10. The second-order valence-corrected chi connectivity index (χ2v) is 3.22. The highest BCUT2D eigenvalue weighted by atomic mass is 16.5. The lowest BCUT2D eigenvalue weighted by Crippen LogP contribution is -2.26. The van der Waals surface area contributed by atoms with Crippen LogP contribution in [-0.4, -0.2) is 24.5 Å². The van der Waals surface area contributed by atoms with Crippen LogP contribution in [0.25, 0.3) is 0 Å². The molecule has 0 aromatic carbocycles. The minimum absolute atomic E-state index is 0.107. The van der Waals surface area contributed by atoms with E-state index in [1.165, 1.54) is 7.11 Å². The van der Waals surface area contributed by atoms with Crippen molar-refractivity contribution in [3.63, 3.8) is 0 Å². The van der Waals surface area contributed by atoms with Crippen LogP contribution in [0, 0.1) is 5.92 Å². The molecule has 0 bridgehead atoms.